The molecule has 1 unspecified atom stereocenters. The van der Waals surface area contributed by atoms with E-state index in [-0.39, 0.29) is 17.4 Å². The molecule has 0 spiro atoms. The van der Waals surface area contributed by atoms with E-state index in [9.17, 15) is 4.79 Å². The van der Waals surface area contributed by atoms with Gasteiger partial charge in [-0.2, -0.15) is 0 Å². The van der Waals surface area contributed by atoms with Crippen molar-refractivity contribution in [3.8, 4) is 0 Å². The summed E-state index contributed by atoms with van der Waals surface area (Å²) in [7, 11) is 0. The summed E-state index contributed by atoms with van der Waals surface area (Å²) in [5.41, 5.74) is 0.945. The molecule has 3 rings (SSSR count). The van der Waals surface area contributed by atoms with Crippen molar-refractivity contribution < 1.29 is 9.53 Å². The SMILES string of the molecule is CSc1nnc(CNC(=O)C2CCOC(C)(C)C2)n1Cc1ccccc1. The standard InChI is InChI=1S/C19H26N4O2S/c1-19(2)11-15(9-10-25-19)17(24)20-12-16-21-22-18(26-3)23(16)13-14-7-5-4-6-8-14/h4-8,15H,9-13H2,1-3H3,(H,20,24). The topological polar surface area (TPSA) is 69.0 Å². The second kappa shape index (κ2) is 8.22. The molecule has 7 heteroatoms. The van der Waals surface area contributed by atoms with Crippen LogP contribution in [0.1, 0.15) is 38.1 Å². The number of nitrogens with one attached hydrogen (secondary N) is 1. The van der Waals surface area contributed by atoms with E-state index in [1.807, 2.05) is 38.3 Å². The second-order valence-electron chi connectivity index (χ2n) is 7.19. The van der Waals surface area contributed by atoms with Gasteiger partial charge in [0.15, 0.2) is 11.0 Å². The van der Waals surface area contributed by atoms with Gasteiger partial charge in [-0.3, -0.25) is 4.79 Å². The maximum atomic E-state index is 12.6. The lowest BCUT2D eigenvalue weighted by molar-refractivity contribution is -0.135. The predicted octanol–water partition coefficient (Wildman–Crippen LogP) is 2.87. The van der Waals surface area contributed by atoms with Crippen molar-refractivity contribution in [2.24, 2.45) is 5.92 Å². The number of benzene rings is 1. The minimum Gasteiger partial charge on any atom is -0.376 e. The summed E-state index contributed by atoms with van der Waals surface area (Å²) in [5, 5.41) is 12.4. The molecule has 0 saturated carbocycles. The van der Waals surface area contributed by atoms with Gasteiger partial charge in [0.1, 0.15) is 0 Å². The van der Waals surface area contributed by atoms with Crippen LogP contribution in [0.25, 0.3) is 0 Å². The molecule has 1 fully saturated rings. The monoisotopic (exact) mass is 374 g/mol. The minimum atomic E-state index is -0.236. The molecule has 1 saturated heterocycles. The third kappa shape index (κ3) is 4.65. The summed E-state index contributed by atoms with van der Waals surface area (Å²) < 4.78 is 7.77. The van der Waals surface area contributed by atoms with Gasteiger partial charge in [0.05, 0.1) is 18.7 Å². The summed E-state index contributed by atoms with van der Waals surface area (Å²) in [6.07, 6.45) is 3.49. The van der Waals surface area contributed by atoms with E-state index in [1.54, 1.807) is 11.8 Å². The number of amides is 1. The fourth-order valence-corrected chi connectivity index (χ4v) is 3.80. The number of aromatic nitrogens is 3. The van der Waals surface area contributed by atoms with Gasteiger partial charge >= 0.3 is 0 Å². The molecule has 6 nitrogen and oxygen atoms in total. The van der Waals surface area contributed by atoms with Crippen molar-refractivity contribution >= 4 is 17.7 Å². The zero-order chi connectivity index (χ0) is 18.6. The average molecular weight is 375 g/mol. The highest BCUT2D eigenvalue weighted by molar-refractivity contribution is 7.98. The largest absolute Gasteiger partial charge is 0.376 e. The number of thioether (sulfide) groups is 1. The highest BCUT2D eigenvalue weighted by atomic mass is 32.2. The van der Waals surface area contributed by atoms with Gasteiger partial charge in [0.25, 0.3) is 0 Å². The van der Waals surface area contributed by atoms with Gasteiger partial charge in [-0.25, -0.2) is 0 Å². The molecular weight excluding hydrogens is 348 g/mol. The molecule has 0 bridgehead atoms. The van der Waals surface area contributed by atoms with E-state index < -0.39 is 0 Å². The number of rotatable bonds is 6. The average Bonchev–Trinajstić information content (AvgIpc) is 3.01. The zero-order valence-corrected chi connectivity index (χ0v) is 16.4. The first-order chi connectivity index (χ1) is 12.5. The van der Waals surface area contributed by atoms with Crippen molar-refractivity contribution in [1.29, 1.82) is 0 Å². The van der Waals surface area contributed by atoms with Gasteiger partial charge in [-0.05, 0) is 38.5 Å². The van der Waals surface area contributed by atoms with Crippen molar-refractivity contribution in [2.75, 3.05) is 12.9 Å². The van der Waals surface area contributed by atoms with Gasteiger partial charge < -0.3 is 14.6 Å². The molecule has 1 atom stereocenters. The Labute approximate surface area is 158 Å². The van der Waals surface area contributed by atoms with Gasteiger partial charge in [0, 0.05) is 12.5 Å². The van der Waals surface area contributed by atoms with Gasteiger partial charge in [-0.15, -0.1) is 10.2 Å². The van der Waals surface area contributed by atoms with E-state index in [4.69, 9.17) is 4.74 Å². The zero-order valence-electron chi connectivity index (χ0n) is 15.6. The Bertz CT molecular complexity index is 745. The Balaban J connectivity index is 1.66. The molecule has 140 valence electrons. The van der Waals surface area contributed by atoms with Crippen LogP contribution in [0.5, 0.6) is 0 Å². The maximum absolute atomic E-state index is 12.6. The van der Waals surface area contributed by atoms with E-state index >= 15 is 0 Å². The van der Waals surface area contributed by atoms with Crippen LogP contribution in [0.3, 0.4) is 0 Å². The Morgan fingerprint density at radius 3 is 2.81 bits per heavy atom. The molecule has 26 heavy (non-hydrogen) atoms. The molecular formula is C19H26N4O2S. The van der Waals surface area contributed by atoms with Crippen molar-refractivity contribution in [1.82, 2.24) is 20.1 Å². The Kier molecular flexibility index (Phi) is 5.98. The first-order valence-corrected chi connectivity index (χ1v) is 10.1. The van der Waals surface area contributed by atoms with E-state index in [0.29, 0.717) is 19.7 Å². The summed E-state index contributed by atoms with van der Waals surface area (Å²) in [6, 6.07) is 10.2. The molecule has 1 N–H and O–H groups in total. The number of hydrogen-bond acceptors (Lipinski definition) is 5. The van der Waals surface area contributed by atoms with Crippen LogP contribution >= 0.6 is 11.8 Å². The van der Waals surface area contributed by atoms with Crippen LogP contribution in [-0.4, -0.2) is 39.1 Å². The molecule has 2 aromatic rings. The van der Waals surface area contributed by atoms with Crippen LogP contribution in [0, 0.1) is 5.92 Å². The lowest BCUT2D eigenvalue weighted by Crippen LogP contribution is -2.41. The van der Waals surface area contributed by atoms with Crippen molar-refractivity contribution in [3.05, 3.63) is 41.7 Å². The minimum absolute atomic E-state index is 0.00994. The normalized spacial score (nSPS) is 19.3. The van der Waals surface area contributed by atoms with Gasteiger partial charge in [0.2, 0.25) is 5.91 Å². The maximum Gasteiger partial charge on any atom is 0.223 e. The Morgan fingerprint density at radius 1 is 1.35 bits per heavy atom. The van der Waals surface area contributed by atoms with Crippen molar-refractivity contribution in [3.63, 3.8) is 0 Å². The Morgan fingerprint density at radius 2 is 2.12 bits per heavy atom. The van der Waals surface area contributed by atoms with Crippen LogP contribution < -0.4 is 5.32 Å². The quantitative estimate of drug-likeness (QED) is 0.788. The third-order valence-corrected chi connectivity index (χ3v) is 5.32. The first kappa shape index (κ1) is 18.9. The molecule has 1 aliphatic heterocycles. The smallest absolute Gasteiger partial charge is 0.223 e. The lowest BCUT2D eigenvalue weighted by atomic mass is 9.88. The lowest BCUT2D eigenvalue weighted by Gasteiger charge is -2.34. The number of nitrogens with zero attached hydrogens (tertiary/aromatic N) is 3. The highest BCUT2D eigenvalue weighted by Gasteiger charge is 2.32. The first-order valence-electron chi connectivity index (χ1n) is 8.90. The summed E-state index contributed by atoms with van der Waals surface area (Å²) >= 11 is 1.56. The molecule has 0 aliphatic carbocycles. The number of carbonyl (C=O) groups is 1. The summed E-state index contributed by atoms with van der Waals surface area (Å²) in [6.45, 7) is 5.78. The number of carbonyl (C=O) groups excluding carboxylic acids is 1. The molecule has 2 heterocycles. The molecule has 1 aromatic carbocycles. The predicted molar refractivity (Wildman–Crippen MR) is 102 cm³/mol. The van der Waals surface area contributed by atoms with Crippen LogP contribution in [-0.2, 0) is 22.6 Å². The molecule has 1 aliphatic rings. The molecule has 1 amide bonds. The van der Waals surface area contributed by atoms with Crippen molar-refractivity contribution in [2.45, 2.75) is 50.5 Å². The second-order valence-corrected chi connectivity index (χ2v) is 7.96. The van der Waals surface area contributed by atoms with Gasteiger partial charge in [-0.1, -0.05) is 42.1 Å². The number of ether oxygens (including phenoxy) is 1. The van der Waals surface area contributed by atoms with E-state index in [0.717, 1.165) is 23.8 Å². The van der Waals surface area contributed by atoms with Crippen LogP contribution in [0.15, 0.2) is 35.5 Å². The van der Waals surface area contributed by atoms with Crippen LogP contribution in [0.4, 0.5) is 0 Å². The fraction of sp³-hybridized carbons (Fsp3) is 0.526. The summed E-state index contributed by atoms with van der Waals surface area (Å²) in [4.78, 5) is 12.6. The van der Waals surface area contributed by atoms with E-state index in [1.165, 1.54) is 5.56 Å². The van der Waals surface area contributed by atoms with Crippen LogP contribution in [0.2, 0.25) is 0 Å². The number of hydrogen-bond donors (Lipinski definition) is 1. The molecule has 1 aromatic heterocycles. The molecule has 0 radical (unpaired) electrons. The Hall–Kier alpha value is -1.86. The van der Waals surface area contributed by atoms with E-state index in [2.05, 4.69) is 32.2 Å². The third-order valence-electron chi connectivity index (χ3n) is 4.65. The fourth-order valence-electron chi connectivity index (χ4n) is 3.29. The highest BCUT2D eigenvalue weighted by Crippen LogP contribution is 2.28. The summed E-state index contributed by atoms with van der Waals surface area (Å²) in [5.74, 6) is 0.837.